The van der Waals surface area contributed by atoms with Crippen molar-refractivity contribution in [3.05, 3.63) is 11.6 Å². The smallest absolute Gasteiger partial charge is 0.155 e. The fourth-order valence-electron chi connectivity index (χ4n) is 6.79. The van der Waals surface area contributed by atoms with Gasteiger partial charge in [-0.3, -0.25) is 9.59 Å². The Hall–Kier alpha value is -0.960. The number of fused-ring (bicyclic) bond motifs is 3. The van der Waals surface area contributed by atoms with E-state index in [9.17, 15) is 9.59 Å². The van der Waals surface area contributed by atoms with Crippen LogP contribution < -0.4 is 0 Å². The summed E-state index contributed by atoms with van der Waals surface area (Å²) in [4.78, 5) is 24.3. The number of ether oxygens (including phenoxy) is 1. The van der Waals surface area contributed by atoms with Gasteiger partial charge in [-0.25, -0.2) is 0 Å². The van der Waals surface area contributed by atoms with Crippen molar-refractivity contribution in [1.82, 2.24) is 0 Å². The van der Waals surface area contributed by atoms with Crippen LogP contribution >= 0.6 is 0 Å². The summed E-state index contributed by atoms with van der Waals surface area (Å²) in [6, 6.07) is 0. The largest absolute Gasteiger partial charge is 0.365 e. The number of Topliss-reactive ketones (excluding diaryl/α,β-unsaturated/α-hetero) is 1. The molecule has 1 aliphatic heterocycles. The van der Waals surface area contributed by atoms with Gasteiger partial charge in [-0.05, 0) is 50.0 Å². The summed E-state index contributed by atoms with van der Waals surface area (Å²) >= 11 is 0. The van der Waals surface area contributed by atoms with Gasteiger partial charge < -0.3 is 4.74 Å². The van der Waals surface area contributed by atoms with Crippen molar-refractivity contribution in [3.63, 3.8) is 0 Å². The molecular formula is C19H24O3. The number of hydrogen-bond donors (Lipinski definition) is 0. The molecular weight excluding hydrogens is 276 g/mol. The Morgan fingerprint density at radius 1 is 1.09 bits per heavy atom. The van der Waals surface area contributed by atoms with E-state index in [0.29, 0.717) is 24.0 Å². The molecule has 3 nitrogen and oxygen atoms in total. The van der Waals surface area contributed by atoms with E-state index in [0.717, 1.165) is 38.5 Å². The van der Waals surface area contributed by atoms with E-state index < -0.39 is 0 Å². The lowest BCUT2D eigenvalue weighted by Crippen LogP contribution is -2.57. The lowest BCUT2D eigenvalue weighted by Gasteiger charge is -2.54. The van der Waals surface area contributed by atoms with Crippen LogP contribution in [0.15, 0.2) is 11.6 Å². The summed E-state index contributed by atoms with van der Waals surface area (Å²) in [6.45, 7) is 4.52. The Morgan fingerprint density at radius 3 is 2.68 bits per heavy atom. The molecule has 118 valence electrons. The zero-order valence-electron chi connectivity index (χ0n) is 13.5. The Labute approximate surface area is 131 Å². The van der Waals surface area contributed by atoms with E-state index in [4.69, 9.17) is 4.74 Å². The Morgan fingerprint density at radius 2 is 1.86 bits per heavy atom. The van der Waals surface area contributed by atoms with E-state index in [1.807, 2.05) is 6.08 Å². The fraction of sp³-hybridized carbons (Fsp3) is 0.789. The molecule has 4 fully saturated rings. The summed E-state index contributed by atoms with van der Waals surface area (Å²) < 4.78 is 6.42. The van der Waals surface area contributed by atoms with Gasteiger partial charge in [0.1, 0.15) is 11.4 Å². The maximum atomic E-state index is 12.5. The van der Waals surface area contributed by atoms with Crippen LogP contribution in [0.25, 0.3) is 0 Å². The van der Waals surface area contributed by atoms with E-state index in [1.165, 1.54) is 5.57 Å². The molecule has 1 saturated heterocycles. The van der Waals surface area contributed by atoms with Crippen molar-refractivity contribution in [2.45, 2.75) is 70.5 Å². The number of carbonyl (C=O) groups excluding carboxylic acids is 2. The van der Waals surface area contributed by atoms with E-state index in [-0.39, 0.29) is 28.3 Å². The molecule has 0 radical (unpaired) electrons. The van der Waals surface area contributed by atoms with Gasteiger partial charge in [-0.15, -0.1) is 0 Å². The third kappa shape index (κ3) is 1.26. The molecule has 0 aromatic rings. The highest BCUT2D eigenvalue weighted by Crippen LogP contribution is 2.74. The molecule has 0 bridgehead atoms. The van der Waals surface area contributed by atoms with E-state index in [1.54, 1.807) is 0 Å². The minimum atomic E-state index is -0.141. The Balaban J connectivity index is 1.61. The fourth-order valence-corrected chi connectivity index (χ4v) is 6.79. The zero-order valence-corrected chi connectivity index (χ0v) is 13.5. The highest BCUT2D eigenvalue weighted by Gasteiger charge is 2.79. The van der Waals surface area contributed by atoms with Crippen LogP contribution in [0.1, 0.15) is 58.8 Å². The van der Waals surface area contributed by atoms with Gasteiger partial charge in [-0.2, -0.15) is 0 Å². The number of hydrogen-bond acceptors (Lipinski definition) is 3. The van der Waals surface area contributed by atoms with Gasteiger partial charge in [-0.1, -0.05) is 19.4 Å². The predicted molar refractivity (Wildman–Crippen MR) is 81.2 cm³/mol. The summed E-state index contributed by atoms with van der Waals surface area (Å²) in [5, 5.41) is 0. The first kappa shape index (κ1) is 13.5. The van der Waals surface area contributed by atoms with Crippen LogP contribution in [-0.4, -0.2) is 23.3 Å². The van der Waals surface area contributed by atoms with Crippen molar-refractivity contribution >= 4 is 11.6 Å². The van der Waals surface area contributed by atoms with Gasteiger partial charge in [0.05, 0.1) is 6.10 Å². The van der Waals surface area contributed by atoms with Crippen LogP contribution in [-0.2, 0) is 14.3 Å². The highest BCUT2D eigenvalue weighted by atomic mass is 16.6. The Bertz CT molecular complexity index is 635. The molecule has 3 heteroatoms. The molecule has 4 aliphatic carbocycles. The maximum absolute atomic E-state index is 12.5. The summed E-state index contributed by atoms with van der Waals surface area (Å²) in [6.07, 6.45) is 8.58. The van der Waals surface area contributed by atoms with Crippen molar-refractivity contribution in [2.75, 3.05) is 0 Å². The predicted octanol–water partition coefficient (Wildman–Crippen LogP) is 3.22. The van der Waals surface area contributed by atoms with Crippen LogP contribution in [0.3, 0.4) is 0 Å². The molecule has 0 aromatic heterocycles. The molecule has 0 N–H and O–H groups in total. The SMILES string of the molecule is CC12CC3O[C@@]34C(CCC3=CC(=O)CCC34C)C1CCC2=O. The normalized spacial score (nSPS) is 55.7. The third-order valence-electron chi connectivity index (χ3n) is 8.04. The second-order valence-corrected chi connectivity index (χ2v) is 8.70. The minimum absolute atomic E-state index is 0.0292. The van der Waals surface area contributed by atoms with Crippen molar-refractivity contribution in [2.24, 2.45) is 22.7 Å². The highest BCUT2D eigenvalue weighted by molar-refractivity contribution is 5.92. The van der Waals surface area contributed by atoms with Gasteiger partial charge in [0.25, 0.3) is 0 Å². The maximum Gasteiger partial charge on any atom is 0.155 e. The molecule has 0 amide bonds. The number of rotatable bonds is 0. The van der Waals surface area contributed by atoms with Crippen LogP contribution in [0.5, 0.6) is 0 Å². The first-order valence-electron chi connectivity index (χ1n) is 8.87. The molecule has 22 heavy (non-hydrogen) atoms. The third-order valence-corrected chi connectivity index (χ3v) is 8.04. The molecule has 3 saturated carbocycles. The van der Waals surface area contributed by atoms with Gasteiger partial charge >= 0.3 is 0 Å². The lowest BCUT2D eigenvalue weighted by atomic mass is 9.47. The number of ketones is 2. The average Bonchev–Trinajstić information content (AvgIpc) is 3.12. The Kier molecular flexibility index (Phi) is 2.29. The van der Waals surface area contributed by atoms with Gasteiger partial charge in [0.2, 0.25) is 0 Å². The van der Waals surface area contributed by atoms with Crippen molar-refractivity contribution in [1.29, 1.82) is 0 Å². The first-order valence-corrected chi connectivity index (χ1v) is 8.87. The summed E-state index contributed by atoms with van der Waals surface area (Å²) in [5.74, 6) is 1.76. The zero-order chi connectivity index (χ0) is 15.3. The van der Waals surface area contributed by atoms with Crippen molar-refractivity contribution < 1.29 is 14.3 Å². The van der Waals surface area contributed by atoms with E-state index >= 15 is 0 Å². The molecule has 5 rings (SSSR count). The molecule has 6 atom stereocenters. The molecule has 0 aromatic carbocycles. The number of epoxide rings is 1. The molecule has 1 heterocycles. The molecule has 5 unspecified atom stereocenters. The summed E-state index contributed by atoms with van der Waals surface area (Å²) in [5.41, 5.74) is 1.15. The van der Waals surface area contributed by atoms with Crippen LogP contribution in [0.2, 0.25) is 0 Å². The second-order valence-electron chi connectivity index (χ2n) is 8.70. The van der Waals surface area contributed by atoms with Crippen LogP contribution in [0.4, 0.5) is 0 Å². The molecule has 5 aliphatic rings. The average molecular weight is 300 g/mol. The standard InChI is InChI=1S/C19H24O3/c1-17-10-16-19(22-16)14(13(17)5-6-15(17)21)4-3-11-9-12(20)7-8-18(11,19)2/h9,13-14,16H,3-8,10H2,1-2H3/t13?,14?,16?,17?,18?,19-/m0/s1. The molecule has 1 spiro atoms. The summed E-state index contributed by atoms with van der Waals surface area (Å²) in [7, 11) is 0. The van der Waals surface area contributed by atoms with Crippen LogP contribution in [0, 0.1) is 22.7 Å². The topological polar surface area (TPSA) is 46.7 Å². The number of carbonyl (C=O) groups is 2. The minimum Gasteiger partial charge on any atom is -0.365 e. The lowest BCUT2D eigenvalue weighted by molar-refractivity contribution is -0.130. The van der Waals surface area contributed by atoms with Gasteiger partial charge in [0.15, 0.2) is 5.78 Å². The monoisotopic (exact) mass is 300 g/mol. The quantitative estimate of drug-likeness (QED) is 0.645. The second kappa shape index (κ2) is 3.75. The van der Waals surface area contributed by atoms with Crippen molar-refractivity contribution in [3.8, 4) is 0 Å². The van der Waals surface area contributed by atoms with E-state index in [2.05, 4.69) is 13.8 Å². The first-order chi connectivity index (χ1) is 10.4. The van der Waals surface area contributed by atoms with Gasteiger partial charge in [0, 0.05) is 23.7 Å².